The smallest absolute Gasteiger partial charge is 0.238 e. The Bertz CT molecular complexity index is 4340. The van der Waals surface area contributed by atoms with Crippen LogP contribution in [0, 0.1) is 0 Å². The minimum Gasteiger partial charge on any atom is -0.309 e. The maximum Gasteiger partial charge on any atom is 0.238 e. The number of nitrogens with zero attached hydrogens (tertiary/aromatic N) is 5. The Morgan fingerprint density at radius 1 is 0.265 bits per heavy atom. The van der Waals surface area contributed by atoms with Crippen LogP contribution in [0.3, 0.4) is 0 Å². The largest absolute Gasteiger partial charge is 0.309 e. The van der Waals surface area contributed by atoms with Gasteiger partial charge in [-0.1, -0.05) is 176 Å². The van der Waals surface area contributed by atoms with Gasteiger partial charge in [0, 0.05) is 38.4 Å². The lowest BCUT2D eigenvalue weighted by atomic mass is 9.96. The van der Waals surface area contributed by atoms with E-state index in [1.807, 2.05) is 0 Å². The highest BCUT2D eigenvalue weighted by molar-refractivity contribution is 6.29. The van der Waals surface area contributed by atoms with E-state index in [9.17, 15) is 0 Å². The molecule has 3 heterocycles. The molecule has 0 amide bonds. The van der Waals surface area contributed by atoms with Crippen molar-refractivity contribution in [1.29, 1.82) is 0 Å². The molecule has 15 rings (SSSR count). The molecule has 0 spiro atoms. The summed E-state index contributed by atoms with van der Waals surface area (Å²) in [4.78, 5) is 16.0. The van der Waals surface area contributed by atoms with Crippen LogP contribution in [0.1, 0.15) is 0 Å². The van der Waals surface area contributed by atoms with Crippen molar-refractivity contribution in [2.24, 2.45) is 0 Å². The van der Waals surface area contributed by atoms with Crippen molar-refractivity contribution in [2.45, 2.75) is 0 Å². The Morgan fingerprint density at radius 2 is 0.765 bits per heavy atom. The third-order valence-electron chi connectivity index (χ3n) is 14.3. The van der Waals surface area contributed by atoms with E-state index in [0.29, 0.717) is 17.6 Å². The van der Waals surface area contributed by atoms with Gasteiger partial charge in [-0.15, -0.1) is 0 Å². The molecule has 0 bridgehead atoms. The van der Waals surface area contributed by atoms with Crippen LogP contribution in [0.2, 0.25) is 0 Å². The van der Waals surface area contributed by atoms with Gasteiger partial charge in [-0.3, -0.25) is 4.57 Å². The van der Waals surface area contributed by atoms with Gasteiger partial charge in [0.15, 0.2) is 11.6 Å². The second-order valence-electron chi connectivity index (χ2n) is 17.9. The summed E-state index contributed by atoms with van der Waals surface area (Å²) >= 11 is 0. The second-order valence-corrected chi connectivity index (χ2v) is 17.9. The summed E-state index contributed by atoms with van der Waals surface area (Å²) in [5.41, 5.74) is 15.0. The Balaban J connectivity index is 0.958. The first-order valence-electron chi connectivity index (χ1n) is 23.2. The topological polar surface area (TPSA) is 48.5 Å². The molecule has 0 fully saturated rings. The predicted molar refractivity (Wildman–Crippen MR) is 282 cm³/mol. The number of aromatic nitrogens is 5. The van der Waals surface area contributed by atoms with Gasteiger partial charge in [-0.05, 0) is 114 Å². The van der Waals surface area contributed by atoms with E-state index in [4.69, 9.17) is 15.0 Å². The summed E-state index contributed by atoms with van der Waals surface area (Å²) < 4.78 is 4.67. The van der Waals surface area contributed by atoms with E-state index in [2.05, 4.69) is 234 Å². The van der Waals surface area contributed by atoms with Crippen molar-refractivity contribution in [3.8, 4) is 67.8 Å². The minimum atomic E-state index is 0.574. The SMILES string of the molecule is c1ccc(-n2c3ccc(-c4ccc5c(c4)c4ccccc4n5-c4nc(-c5cccc6ccccc56)nc(-c5cccc6ccccc56)n4)cc3c3c4cccc5c4c(cc32)-c2ccccc2-5)cc1. The molecule has 1 aliphatic carbocycles. The molecule has 1 aliphatic rings. The molecule has 3 aromatic heterocycles. The van der Waals surface area contributed by atoms with E-state index in [-0.39, 0.29) is 0 Å². The predicted octanol–water partition coefficient (Wildman–Crippen LogP) is 16.2. The van der Waals surface area contributed by atoms with Crippen LogP contribution in [-0.4, -0.2) is 24.1 Å². The summed E-state index contributed by atoms with van der Waals surface area (Å²) in [5.74, 6) is 1.84. The molecule has 5 heteroatoms. The summed E-state index contributed by atoms with van der Waals surface area (Å²) in [6.45, 7) is 0. The van der Waals surface area contributed by atoms with E-state index in [1.165, 1.54) is 54.8 Å². The zero-order valence-electron chi connectivity index (χ0n) is 36.6. The van der Waals surface area contributed by atoms with Crippen LogP contribution in [0.5, 0.6) is 0 Å². The first kappa shape index (κ1) is 37.1. The molecular formula is C63H37N5. The lowest BCUT2D eigenvalue weighted by Gasteiger charge is -2.13. The minimum absolute atomic E-state index is 0.574. The van der Waals surface area contributed by atoms with Gasteiger partial charge in [0.25, 0.3) is 0 Å². The van der Waals surface area contributed by atoms with Gasteiger partial charge in [0.2, 0.25) is 5.95 Å². The molecule has 14 aromatic rings. The maximum absolute atomic E-state index is 5.37. The molecule has 0 radical (unpaired) electrons. The highest BCUT2D eigenvalue weighted by Gasteiger charge is 2.26. The molecule has 5 nitrogen and oxygen atoms in total. The fourth-order valence-corrected chi connectivity index (χ4v) is 11.3. The van der Waals surface area contributed by atoms with Gasteiger partial charge < -0.3 is 4.57 Å². The number of rotatable bonds is 5. The summed E-state index contributed by atoms with van der Waals surface area (Å²) in [7, 11) is 0. The third-order valence-corrected chi connectivity index (χ3v) is 14.3. The first-order chi connectivity index (χ1) is 33.7. The lowest BCUT2D eigenvalue weighted by molar-refractivity contribution is 0.955. The van der Waals surface area contributed by atoms with Crippen molar-refractivity contribution in [1.82, 2.24) is 24.1 Å². The van der Waals surface area contributed by atoms with Crippen LogP contribution < -0.4 is 0 Å². The van der Waals surface area contributed by atoms with E-state index in [1.54, 1.807) is 0 Å². The maximum atomic E-state index is 5.37. The molecule has 314 valence electrons. The van der Waals surface area contributed by atoms with Gasteiger partial charge in [-0.2, -0.15) is 9.97 Å². The summed E-state index contributed by atoms with van der Waals surface area (Å²) in [6.07, 6.45) is 0. The van der Waals surface area contributed by atoms with Crippen LogP contribution in [0.25, 0.3) is 144 Å². The van der Waals surface area contributed by atoms with Crippen molar-refractivity contribution in [3.05, 3.63) is 224 Å². The van der Waals surface area contributed by atoms with Crippen molar-refractivity contribution in [3.63, 3.8) is 0 Å². The average molecular weight is 864 g/mol. The van der Waals surface area contributed by atoms with Crippen LogP contribution >= 0.6 is 0 Å². The van der Waals surface area contributed by atoms with Crippen molar-refractivity contribution < 1.29 is 0 Å². The van der Waals surface area contributed by atoms with E-state index < -0.39 is 0 Å². The zero-order valence-corrected chi connectivity index (χ0v) is 36.6. The van der Waals surface area contributed by atoms with Crippen LogP contribution in [-0.2, 0) is 0 Å². The number of fused-ring (bicyclic) bond motifs is 12. The molecule has 0 unspecified atom stereocenters. The summed E-state index contributed by atoms with van der Waals surface area (Å²) in [6, 6.07) is 80.9. The number of hydrogen-bond acceptors (Lipinski definition) is 3. The van der Waals surface area contributed by atoms with Gasteiger partial charge in [0.05, 0.1) is 22.1 Å². The van der Waals surface area contributed by atoms with Crippen molar-refractivity contribution >= 4 is 75.9 Å². The monoisotopic (exact) mass is 863 g/mol. The highest BCUT2D eigenvalue weighted by atomic mass is 15.2. The Hall–Kier alpha value is -9.19. The van der Waals surface area contributed by atoms with Gasteiger partial charge in [0.1, 0.15) is 0 Å². The fourth-order valence-electron chi connectivity index (χ4n) is 11.3. The molecule has 11 aromatic carbocycles. The molecule has 0 saturated carbocycles. The molecule has 0 saturated heterocycles. The quantitative estimate of drug-likeness (QED) is 0.173. The average Bonchev–Trinajstić information content (AvgIpc) is 4.04. The Kier molecular flexibility index (Phi) is 7.72. The lowest BCUT2D eigenvalue weighted by Crippen LogP contribution is -2.06. The van der Waals surface area contributed by atoms with Crippen molar-refractivity contribution in [2.75, 3.05) is 0 Å². The number of para-hydroxylation sites is 2. The molecule has 0 aliphatic heterocycles. The fraction of sp³-hybridized carbons (Fsp3) is 0. The summed E-state index contributed by atoms with van der Waals surface area (Å²) in [5, 5.41) is 11.9. The molecule has 68 heavy (non-hydrogen) atoms. The number of hydrogen-bond donors (Lipinski definition) is 0. The Labute approximate surface area is 390 Å². The standard InChI is InChI=1S/C63H37N5/c1-2-19-42(20-3-1)67-57-34-32-41(36-54(57)60-51-29-14-26-48-45-23-8-9-24-46(45)53(59(48)51)37-58(60)67)40-31-33-56-52(35-40)47-25-10-11-30-55(47)68(56)63-65-61(49-27-12-17-38-15-4-6-21-43(38)49)64-62(66-63)50-28-13-18-39-16-5-7-22-44(39)50/h1-37H. The second kappa shape index (κ2) is 14.2. The van der Waals surface area contributed by atoms with Gasteiger partial charge >= 0.3 is 0 Å². The van der Waals surface area contributed by atoms with E-state index in [0.717, 1.165) is 71.3 Å². The zero-order chi connectivity index (χ0) is 44.5. The highest BCUT2D eigenvalue weighted by Crippen LogP contribution is 2.51. The van der Waals surface area contributed by atoms with E-state index >= 15 is 0 Å². The van der Waals surface area contributed by atoms with Crippen LogP contribution in [0.15, 0.2) is 224 Å². The van der Waals surface area contributed by atoms with Crippen LogP contribution in [0.4, 0.5) is 0 Å². The van der Waals surface area contributed by atoms with Gasteiger partial charge in [-0.25, -0.2) is 4.98 Å². The molecule has 0 atom stereocenters. The normalized spacial score (nSPS) is 12.1. The third kappa shape index (κ3) is 5.29. The molecule has 0 N–H and O–H groups in total. The number of benzene rings is 11. The molecular weight excluding hydrogens is 827 g/mol. The Morgan fingerprint density at radius 3 is 1.47 bits per heavy atom. The first-order valence-corrected chi connectivity index (χ1v) is 23.2.